The number of unbranched alkanes of at least 4 members (excludes halogenated alkanes) is 37. The summed E-state index contributed by atoms with van der Waals surface area (Å²) < 4.78 is 0. The summed E-state index contributed by atoms with van der Waals surface area (Å²) in [5, 5.41) is 0. The second-order valence-electron chi connectivity index (χ2n) is 22.6. The molecule has 0 N–H and O–H groups in total. The van der Waals surface area contributed by atoms with Crippen LogP contribution >= 0.6 is 0 Å². The molecular weight excluding hydrogens is 963 g/mol. The monoisotopic (exact) mass is 1080 g/mol. The van der Waals surface area contributed by atoms with E-state index in [2.05, 4.69) is 77.9 Å². The maximum absolute atomic E-state index is 5.63. The van der Waals surface area contributed by atoms with Crippen molar-refractivity contribution in [3.05, 3.63) is 58.7 Å². The fourth-order valence-corrected chi connectivity index (χ4v) is 10.9. The van der Waals surface area contributed by atoms with Gasteiger partial charge in [0.05, 0.1) is 22.8 Å². The van der Waals surface area contributed by atoms with E-state index >= 15 is 0 Å². The van der Waals surface area contributed by atoms with Gasteiger partial charge < -0.3 is 0 Å². The maximum Gasteiger partial charge on any atom is 0.0636 e. The van der Waals surface area contributed by atoms with Gasteiger partial charge in [-0.25, -0.2) is 0 Å². The predicted molar refractivity (Wildman–Crippen MR) is 324 cm³/mol. The van der Waals surface area contributed by atoms with Gasteiger partial charge in [0.1, 0.15) is 0 Å². The van der Waals surface area contributed by atoms with Crippen LogP contribution in [0.1, 0.15) is 353 Å². The molecule has 418 valence electrons. The van der Waals surface area contributed by atoms with Gasteiger partial charge in [-0.1, -0.05) is 291 Å². The minimum Gasteiger partial charge on any atom is -0.252 e. The van der Waals surface area contributed by atoms with Crippen LogP contribution in [-0.4, -0.2) is 11.4 Å². The first-order valence-corrected chi connectivity index (χ1v) is 32.5. The molecule has 0 amide bonds. The fourth-order valence-electron chi connectivity index (χ4n) is 10.9. The Morgan fingerprint density at radius 3 is 0.736 bits per heavy atom. The van der Waals surface area contributed by atoms with Crippen molar-refractivity contribution in [2.45, 2.75) is 356 Å². The first kappa shape index (κ1) is 68.5. The van der Waals surface area contributed by atoms with E-state index in [1.165, 1.54) is 313 Å². The summed E-state index contributed by atoms with van der Waals surface area (Å²) in [6.07, 6.45) is 66.2. The molecule has 2 aromatic rings. The Morgan fingerprint density at radius 1 is 0.250 bits per heavy atom. The molecule has 0 aliphatic heterocycles. The number of aryl methyl sites for hydroxylation is 4. The molecule has 0 aliphatic carbocycles. The molecule has 3 heteroatoms. The molecule has 2 nitrogen and oxygen atoms in total. The molecule has 72 heavy (non-hydrogen) atoms. The number of aliphatic imine (C=N–C) groups is 2. The van der Waals surface area contributed by atoms with Crippen LogP contribution in [0, 0.1) is 0 Å². The smallest absolute Gasteiger partial charge is 0.0636 e. The Labute approximate surface area is 465 Å². The molecule has 0 fully saturated rings. The largest absolute Gasteiger partial charge is 0.252 e. The van der Waals surface area contributed by atoms with Gasteiger partial charge in [0.2, 0.25) is 0 Å². The van der Waals surface area contributed by atoms with Gasteiger partial charge in [0, 0.05) is 20.4 Å². The van der Waals surface area contributed by atoms with Crippen molar-refractivity contribution >= 4 is 22.8 Å². The zero-order valence-corrected chi connectivity index (χ0v) is 50.9. The summed E-state index contributed by atoms with van der Waals surface area (Å²) in [5.41, 5.74) is 11.0. The second-order valence-corrected chi connectivity index (χ2v) is 22.6. The Morgan fingerprint density at radius 2 is 0.458 bits per heavy atom. The number of benzene rings is 2. The van der Waals surface area contributed by atoms with Crippen molar-refractivity contribution in [1.82, 2.24) is 0 Å². The zero-order chi connectivity index (χ0) is 50.9. The van der Waals surface area contributed by atoms with E-state index in [9.17, 15) is 0 Å². The number of rotatable bonds is 52. The minimum absolute atomic E-state index is 0. The van der Waals surface area contributed by atoms with E-state index in [1.54, 1.807) is 22.3 Å². The summed E-state index contributed by atoms with van der Waals surface area (Å²) in [4.78, 5) is 11.2. The Bertz CT molecular complexity index is 1540. The van der Waals surface area contributed by atoms with Crippen molar-refractivity contribution in [2.75, 3.05) is 0 Å². The number of hydrogen-bond acceptors (Lipinski definition) is 2. The van der Waals surface area contributed by atoms with Crippen molar-refractivity contribution in [3.8, 4) is 0 Å². The standard InChI is InChI=1S/C69H122N2.Pd/c1-7-13-19-20-21-22-23-24-25-26-27-28-29-30-31-32-33-34-35-36-37-38-39-40-41-42-43-49-55-69(71-67-59-57-63(51-45-15-9-3)65(61-67)53-47-17-11-5)68(54-48-18-12-6)70-66-58-56-62(50-44-14-8-2)64(60-66)52-46-16-10-4;/h56-61H,7-55H2,1-6H3;. The van der Waals surface area contributed by atoms with Crippen molar-refractivity contribution < 1.29 is 20.4 Å². The third-order valence-corrected chi connectivity index (χ3v) is 15.7. The molecule has 0 saturated heterocycles. The van der Waals surface area contributed by atoms with Gasteiger partial charge in [-0.15, -0.1) is 0 Å². The van der Waals surface area contributed by atoms with Crippen molar-refractivity contribution in [2.24, 2.45) is 9.98 Å². The van der Waals surface area contributed by atoms with Crippen LogP contribution in [0.25, 0.3) is 0 Å². The predicted octanol–water partition coefficient (Wildman–Crippen LogP) is 24.4. The van der Waals surface area contributed by atoms with Crippen LogP contribution in [0.2, 0.25) is 0 Å². The van der Waals surface area contributed by atoms with E-state index in [0.717, 1.165) is 24.2 Å². The first-order valence-electron chi connectivity index (χ1n) is 32.5. The molecule has 0 bridgehead atoms. The normalized spacial score (nSPS) is 12.0. The molecule has 0 unspecified atom stereocenters. The molecule has 0 atom stereocenters. The first-order chi connectivity index (χ1) is 35.1. The average Bonchev–Trinajstić information content (AvgIpc) is 3.38. The summed E-state index contributed by atoms with van der Waals surface area (Å²) in [7, 11) is 0. The minimum atomic E-state index is 0. The quantitative estimate of drug-likeness (QED) is 0.0358. The molecule has 0 aliphatic rings. The molecule has 0 heterocycles. The van der Waals surface area contributed by atoms with Crippen LogP contribution in [0.15, 0.2) is 46.4 Å². The van der Waals surface area contributed by atoms with Crippen LogP contribution in [0.4, 0.5) is 11.4 Å². The third-order valence-electron chi connectivity index (χ3n) is 15.7. The van der Waals surface area contributed by atoms with Gasteiger partial charge in [0.15, 0.2) is 0 Å². The molecule has 0 spiro atoms. The molecule has 0 saturated carbocycles. The third kappa shape index (κ3) is 37.2. The van der Waals surface area contributed by atoms with Gasteiger partial charge in [-0.3, -0.25) is 9.98 Å². The van der Waals surface area contributed by atoms with Crippen molar-refractivity contribution in [1.29, 1.82) is 0 Å². The van der Waals surface area contributed by atoms with E-state index in [-0.39, 0.29) is 20.4 Å². The molecular formula is C69H122N2Pd. The topological polar surface area (TPSA) is 24.7 Å². The van der Waals surface area contributed by atoms with Crippen LogP contribution in [0.3, 0.4) is 0 Å². The van der Waals surface area contributed by atoms with Crippen LogP contribution in [0.5, 0.6) is 0 Å². The van der Waals surface area contributed by atoms with E-state index in [0.29, 0.717) is 0 Å². The van der Waals surface area contributed by atoms with E-state index in [1.807, 2.05) is 0 Å². The molecule has 2 aromatic carbocycles. The van der Waals surface area contributed by atoms with Gasteiger partial charge >= 0.3 is 0 Å². The molecule has 0 radical (unpaired) electrons. The fraction of sp³-hybridized carbons (Fsp3) is 0.797. The van der Waals surface area contributed by atoms with Crippen molar-refractivity contribution in [3.63, 3.8) is 0 Å². The summed E-state index contributed by atoms with van der Waals surface area (Å²) in [5.74, 6) is 0. The SMILES string of the molecule is CCCCCCCCCCCCCCCCCCCCCCCCCCCCCCC(=Nc1ccc(CCCCC)c(CCCCC)c1)C(CCCCC)=Nc1ccc(CCCCC)c(CCCCC)c1.[Pd]. The van der Waals surface area contributed by atoms with Crippen LogP contribution < -0.4 is 0 Å². The average molecular weight is 1090 g/mol. The zero-order valence-electron chi connectivity index (χ0n) is 49.3. The van der Waals surface area contributed by atoms with Gasteiger partial charge in [0.25, 0.3) is 0 Å². The Balaban J connectivity index is 0.0000259. The molecule has 2 rings (SSSR count). The van der Waals surface area contributed by atoms with Gasteiger partial charge in [-0.05, 0) is 124 Å². The maximum atomic E-state index is 5.63. The summed E-state index contributed by atoms with van der Waals surface area (Å²) >= 11 is 0. The Kier molecular flexibility index (Phi) is 49.0. The van der Waals surface area contributed by atoms with Crippen LogP contribution in [-0.2, 0) is 46.1 Å². The van der Waals surface area contributed by atoms with E-state index in [4.69, 9.17) is 9.98 Å². The second kappa shape index (κ2) is 51.5. The number of nitrogens with zero attached hydrogens (tertiary/aromatic N) is 2. The molecule has 0 aromatic heterocycles. The number of hydrogen-bond donors (Lipinski definition) is 0. The summed E-state index contributed by atoms with van der Waals surface area (Å²) in [6, 6.07) is 14.5. The van der Waals surface area contributed by atoms with Gasteiger partial charge in [-0.2, -0.15) is 0 Å². The summed E-state index contributed by atoms with van der Waals surface area (Å²) in [6.45, 7) is 13.9. The Hall–Kier alpha value is -1.56. The van der Waals surface area contributed by atoms with E-state index < -0.39 is 0 Å².